The van der Waals surface area contributed by atoms with Gasteiger partial charge in [0.15, 0.2) is 0 Å². The summed E-state index contributed by atoms with van der Waals surface area (Å²) in [6, 6.07) is 12.5. The number of aryl methyl sites for hydroxylation is 1. The number of amides is 1. The Morgan fingerprint density at radius 1 is 1.23 bits per heavy atom. The van der Waals surface area contributed by atoms with Crippen molar-refractivity contribution in [1.29, 1.82) is 0 Å². The molecular formula is C21H15N3O5S. The minimum Gasteiger partial charge on any atom is -0.407 e. The monoisotopic (exact) mass is 421 g/mol. The largest absolute Gasteiger partial charge is 0.407 e. The van der Waals surface area contributed by atoms with Crippen LogP contribution in [0.1, 0.15) is 27.4 Å². The van der Waals surface area contributed by atoms with Crippen LogP contribution in [0.25, 0.3) is 10.2 Å². The van der Waals surface area contributed by atoms with Crippen molar-refractivity contribution in [3.05, 3.63) is 97.0 Å². The number of non-ortho nitro benzene ring substituents is 1. The average molecular weight is 421 g/mol. The molecule has 2 aromatic carbocycles. The average Bonchev–Trinajstić information content (AvgIpc) is 3.09. The van der Waals surface area contributed by atoms with Gasteiger partial charge in [0, 0.05) is 29.8 Å². The third-order valence-corrected chi connectivity index (χ3v) is 5.45. The number of aromatic nitrogens is 1. The predicted octanol–water partition coefficient (Wildman–Crippen LogP) is 4.31. The second-order valence-electron chi connectivity index (χ2n) is 6.63. The van der Waals surface area contributed by atoms with Crippen LogP contribution in [0.4, 0.5) is 11.4 Å². The highest BCUT2D eigenvalue weighted by Gasteiger charge is 2.13. The molecule has 0 fully saturated rings. The van der Waals surface area contributed by atoms with E-state index in [4.69, 9.17) is 4.42 Å². The van der Waals surface area contributed by atoms with Crippen LogP contribution in [0.2, 0.25) is 0 Å². The molecular weight excluding hydrogens is 406 g/mol. The number of carbonyl (C=O) groups excluding carboxylic acids is 1. The van der Waals surface area contributed by atoms with Gasteiger partial charge >= 0.3 is 5.63 Å². The summed E-state index contributed by atoms with van der Waals surface area (Å²) in [6.45, 7) is 1.84. The summed E-state index contributed by atoms with van der Waals surface area (Å²) in [5.74, 6) is -0.174. The quantitative estimate of drug-likeness (QED) is 0.379. The first-order chi connectivity index (χ1) is 14.4. The maximum atomic E-state index is 12.4. The Bertz CT molecular complexity index is 1340. The zero-order valence-electron chi connectivity index (χ0n) is 15.7. The Morgan fingerprint density at radius 3 is 2.83 bits per heavy atom. The van der Waals surface area contributed by atoms with Crippen molar-refractivity contribution >= 4 is 38.8 Å². The second-order valence-corrected chi connectivity index (χ2v) is 7.49. The highest BCUT2D eigenvalue weighted by atomic mass is 32.1. The van der Waals surface area contributed by atoms with E-state index in [1.165, 1.54) is 35.6 Å². The fraction of sp³-hybridized carbons (Fsp3) is 0.0952. The molecule has 0 atom stereocenters. The van der Waals surface area contributed by atoms with Crippen molar-refractivity contribution in [1.82, 2.24) is 4.98 Å². The van der Waals surface area contributed by atoms with Crippen LogP contribution in [-0.4, -0.2) is 15.8 Å². The van der Waals surface area contributed by atoms with Gasteiger partial charge in [-0.15, -0.1) is 11.3 Å². The summed E-state index contributed by atoms with van der Waals surface area (Å²) in [5, 5.41) is 16.0. The fourth-order valence-corrected chi connectivity index (χ4v) is 3.95. The van der Waals surface area contributed by atoms with Crippen LogP contribution >= 0.6 is 11.3 Å². The van der Waals surface area contributed by atoms with Crippen molar-refractivity contribution in [2.75, 3.05) is 5.32 Å². The molecule has 30 heavy (non-hydrogen) atoms. The van der Waals surface area contributed by atoms with Crippen LogP contribution in [0.3, 0.4) is 0 Å². The maximum absolute atomic E-state index is 12.4. The van der Waals surface area contributed by atoms with E-state index in [9.17, 15) is 19.7 Å². The lowest BCUT2D eigenvalue weighted by molar-refractivity contribution is -0.384. The number of benzene rings is 2. The van der Waals surface area contributed by atoms with Gasteiger partial charge in [-0.1, -0.05) is 18.2 Å². The van der Waals surface area contributed by atoms with Gasteiger partial charge in [-0.25, -0.2) is 9.78 Å². The molecule has 0 bridgehead atoms. The van der Waals surface area contributed by atoms with Gasteiger partial charge in [0.1, 0.15) is 4.83 Å². The molecule has 0 unspecified atom stereocenters. The summed E-state index contributed by atoms with van der Waals surface area (Å²) < 4.78 is 5.35. The SMILES string of the molecule is Cc1csc2nc(Cc3cccc(NC(=O)c4cccc([N+](=O)[O-])c4)c3)oc(=O)c12. The summed E-state index contributed by atoms with van der Waals surface area (Å²) in [4.78, 5) is 40.1. The van der Waals surface area contributed by atoms with Crippen LogP contribution < -0.4 is 10.9 Å². The second kappa shape index (κ2) is 7.88. The molecule has 0 saturated heterocycles. The number of carbonyl (C=O) groups is 1. The number of hydrogen-bond donors (Lipinski definition) is 1. The maximum Gasteiger partial charge on any atom is 0.348 e. The van der Waals surface area contributed by atoms with E-state index in [0.717, 1.165) is 11.1 Å². The molecule has 0 spiro atoms. The summed E-state index contributed by atoms with van der Waals surface area (Å²) >= 11 is 1.39. The molecule has 150 valence electrons. The lowest BCUT2D eigenvalue weighted by Gasteiger charge is -2.07. The van der Waals surface area contributed by atoms with Crippen molar-refractivity contribution < 1.29 is 14.1 Å². The Kier molecular flexibility index (Phi) is 5.11. The zero-order valence-corrected chi connectivity index (χ0v) is 16.6. The van der Waals surface area contributed by atoms with Gasteiger partial charge in [0.2, 0.25) is 5.89 Å². The van der Waals surface area contributed by atoms with Gasteiger partial charge in [-0.3, -0.25) is 14.9 Å². The minimum absolute atomic E-state index is 0.156. The number of nitrogens with zero attached hydrogens (tertiary/aromatic N) is 2. The van der Waals surface area contributed by atoms with Gasteiger partial charge in [0.05, 0.1) is 10.3 Å². The number of thiophene rings is 1. The molecule has 2 aromatic heterocycles. The van der Waals surface area contributed by atoms with E-state index in [1.807, 2.05) is 18.4 Å². The highest BCUT2D eigenvalue weighted by Crippen LogP contribution is 2.22. The zero-order chi connectivity index (χ0) is 21.3. The lowest BCUT2D eigenvalue weighted by atomic mass is 10.1. The predicted molar refractivity (Wildman–Crippen MR) is 113 cm³/mol. The molecule has 2 heterocycles. The number of rotatable bonds is 5. The number of fused-ring (bicyclic) bond motifs is 1. The number of nitro groups is 1. The van der Waals surface area contributed by atoms with Crippen LogP contribution in [0, 0.1) is 17.0 Å². The normalized spacial score (nSPS) is 10.8. The van der Waals surface area contributed by atoms with Crippen molar-refractivity contribution in [2.24, 2.45) is 0 Å². The number of nitrogens with one attached hydrogen (secondary N) is 1. The molecule has 4 aromatic rings. The first kappa shape index (κ1) is 19.5. The van der Waals surface area contributed by atoms with E-state index in [2.05, 4.69) is 10.3 Å². The van der Waals surface area contributed by atoms with Gasteiger partial charge in [0.25, 0.3) is 11.6 Å². The van der Waals surface area contributed by atoms with Crippen molar-refractivity contribution in [2.45, 2.75) is 13.3 Å². The summed E-state index contributed by atoms with van der Waals surface area (Å²) in [6.07, 6.45) is 0.280. The highest BCUT2D eigenvalue weighted by molar-refractivity contribution is 7.16. The van der Waals surface area contributed by atoms with E-state index >= 15 is 0 Å². The summed E-state index contributed by atoms with van der Waals surface area (Å²) in [7, 11) is 0. The van der Waals surface area contributed by atoms with E-state index in [1.54, 1.807) is 18.2 Å². The van der Waals surface area contributed by atoms with E-state index < -0.39 is 16.5 Å². The Labute approximate surface area is 174 Å². The third-order valence-electron chi connectivity index (χ3n) is 4.46. The number of anilines is 1. The Balaban J connectivity index is 1.54. The van der Waals surface area contributed by atoms with E-state index in [0.29, 0.717) is 15.9 Å². The van der Waals surface area contributed by atoms with Crippen molar-refractivity contribution in [3.8, 4) is 0 Å². The van der Waals surface area contributed by atoms with Crippen LogP contribution in [0.5, 0.6) is 0 Å². The Morgan fingerprint density at radius 2 is 2.03 bits per heavy atom. The first-order valence-corrected chi connectivity index (χ1v) is 9.81. The fourth-order valence-electron chi connectivity index (χ4n) is 3.03. The number of nitro benzene ring substituents is 1. The molecule has 0 saturated carbocycles. The van der Waals surface area contributed by atoms with Crippen molar-refractivity contribution in [3.63, 3.8) is 0 Å². The molecule has 0 aliphatic rings. The molecule has 0 aliphatic heterocycles. The van der Waals surface area contributed by atoms with Crippen LogP contribution in [-0.2, 0) is 6.42 Å². The molecule has 0 radical (unpaired) electrons. The molecule has 4 rings (SSSR count). The molecule has 1 N–H and O–H groups in total. The summed E-state index contributed by atoms with van der Waals surface area (Å²) in [5.41, 5.74) is 1.75. The standard InChI is InChI=1S/C21H15N3O5S/c1-12-11-30-20-18(12)21(26)29-17(23-20)9-13-4-2-6-15(8-13)22-19(25)14-5-3-7-16(10-14)24(27)28/h2-8,10-11H,9H2,1H3,(H,22,25). The minimum atomic E-state index is -0.551. The number of hydrogen-bond acceptors (Lipinski definition) is 7. The van der Waals surface area contributed by atoms with Gasteiger partial charge in [-0.05, 0) is 41.6 Å². The van der Waals surface area contributed by atoms with E-state index in [-0.39, 0.29) is 23.6 Å². The Hall–Kier alpha value is -3.85. The smallest absolute Gasteiger partial charge is 0.348 e. The van der Waals surface area contributed by atoms with Gasteiger partial charge in [-0.2, -0.15) is 0 Å². The van der Waals surface area contributed by atoms with Gasteiger partial charge < -0.3 is 9.73 Å². The lowest BCUT2D eigenvalue weighted by Crippen LogP contribution is -2.12. The topological polar surface area (TPSA) is 115 Å². The molecule has 8 nitrogen and oxygen atoms in total. The molecule has 1 amide bonds. The first-order valence-electron chi connectivity index (χ1n) is 8.93. The third kappa shape index (κ3) is 3.96. The molecule has 0 aliphatic carbocycles. The van der Waals surface area contributed by atoms with Crippen LogP contribution in [0.15, 0.2) is 63.1 Å². The molecule has 9 heteroatoms.